The molecule has 0 N–H and O–H groups in total. The lowest BCUT2D eigenvalue weighted by Crippen LogP contribution is -2.16. The number of carbonyl (C=O) groups is 3. The van der Waals surface area contributed by atoms with Crippen molar-refractivity contribution in [2.75, 3.05) is 0 Å². The number of nitrogens with zero attached hydrogens (tertiary/aromatic N) is 3. The van der Waals surface area contributed by atoms with Crippen molar-refractivity contribution in [1.29, 1.82) is 0 Å². The molecule has 0 radical (unpaired) electrons. The van der Waals surface area contributed by atoms with Crippen LogP contribution in [0, 0.1) is 0 Å². The molecule has 7 rings (SSSR count). The lowest BCUT2D eigenvalue weighted by molar-refractivity contribution is 0.0734. The minimum atomic E-state index is -0.800. The number of hydrogen-bond donors (Lipinski definition) is 0. The fraction of sp³-hybridized carbons (Fsp3) is 0. The summed E-state index contributed by atoms with van der Waals surface area (Å²) < 4.78 is 19.5. The molecule has 0 atom stereocenters. The lowest BCUT2D eigenvalue weighted by atomic mass is 10.1. The minimum Gasteiger partial charge on any atom is -0.423 e. The van der Waals surface area contributed by atoms with E-state index in [0.717, 1.165) is 47.2 Å². The minimum absolute atomic E-state index is 0.0663. The molecule has 0 saturated heterocycles. The second-order valence-corrected chi connectivity index (χ2v) is 14.4. The molecule has 0 aliphatic heterocycles. The summed E-state index contributed by atoms with van der Waals surface area (Å²) in [6.07, 6.45) is 5.07. The van der Waals surface area contributed by atoms with Gasteiger partial charge in [-0.25, -0.2) is 14.4 Å². The van der Waals surface area contributed by atoms with Gasteiger partial charge in [-0.2, -0.15) is 0 Å². The summed E-state index contributed by atoms with van der Waals surface area (Å²) in [6, 6.07) is 35.5. The normalized spacial score (nSPS) is 10.7. The zero-order valence-corrected chi connectivity index (χ0v) is 32.5. The van der Waals surface area contributed by atoms with Crippen molar-refractivity contribution < 1.29 is 28.6 Å². The van der Waals surface area contributed by atoms with E-state index in [1.807, 2.05) is 36.4 Å². The molecule has 0 aliphatic rings. The Morgan fingerprint density at radius 1 is 0.370 bits per heavy atom. The first-order valence-electron chi connectivity index (χ1n) is 16.1. The van der Waals surface area contributed by atoms with E-state index in [2.05, 4.69) is 62.7 Å². The predicted molar refractivity (Wildman–Crippen MR) is 213 cm³/mol. The molecule has 0 amide bonds. The maximum absolute atomic E-state index is 13.5. The molecule has 0 saturated carbocycles. The first kappa shape index (κ1) is 36.5. The Labute approximate surface area is 334 Å². The summed E-state index contributed by atoms with van der Waals surface area (Å²) in [6.45, 7) is 0. The molecule has 54 heavy (non-hydrogen) atoms. The summed E-state index contributed by atoms with van der Waals surface area (Å²) in [7, 11) is 0. The van der Waals surface area contributed by atoms with Gasteiger partial charge in [0.15, 0.2) is 0 Å². The van der Waals surface area contributed by atoms with Gasteiger partial charge in [-0.15, -0.1) is 0 Å². The van der Waals surface area contributed by atoms with E-state index in [4.69, 9.17) is 14.2 Å². The van der Waals surface area contributed by atoms with E-state index in [1.165, 1.54) is 18.2 Å². The van der Waals surface area contributed by atoms with Crippen molar-refractivity contribution in [2.24, 2.45) is 0 Å². The third-order valence-corrected chi connectivity index (χ3v) is 9.31. The number of aromatic nitrogens is 3. The van der Waals surface area contributed by atoms with Crippen LogP contribution >= 0.6 is 47.8 Å². The number of rotatable bonds is 9. The van der Waals surface area contributed by atoms with Crippen LogP contribution in [-0.4, -0.2) is 32.9 Å². The Morgan fingerprint density at radius 3 is 0.852 bits per heavy atom. The van der Waals surface area contributed by atoms with Gasteiger partial charge in [-0.1, -0.05) is 0 Å². The summed E-state index contributed by atoms with van der Waals surface area (Å²) in [5.41, 5.74) is 4.48. The molecule has 264 valence electrons. The molecule has 7 aromatic rings. The molecule has 3 heterocycles. The molecular formula is C42H24Br3N3O6. The van der Waals surface area contributed by atoms with Crippen LogP contribution in [0.2, 0.25) is 0 Å². The Hall–Kier alpha value is -5.82. The van der Waals surface area contributed by atoms with Crippen molar-refractivity contribution in [3.8, 4) is 51.0 Å². The van der Waals surface area contributed by atoms with Crippen molar-refractivity contribution >= 4 is 65.7 Å². The molecule has 0 fully saturated rings. The van der Waals surface area contributed by atoms with E-state index in [1.54, 1.807) is 91.4 Å². The molecule has 9 nitrogen and oxygen atoms in total. The fourth-order valence-corrected chi connectivity index (χ4v) is 5.90. The number of esters is 3. The molecule has 0 spiro atoms. The first-order chi connectivity index (χ1) is 26.2. The SMILES string of the molecule is O=C(Oc1ccc(-c2ccc(Br)cn2)cc1)c1cc(C(=O)Oc2ccc(-c3ccc(Br)cn3)cc2)cc(C(=O)Oc2ccc(-c3ccc(Br)cn3)cc2)c1. The van der Waals surface area contributed by atoms with Gasteiger partial charge in [-0.3, -0.25) is 15.0 Å². The third-order valence-electron chi connectivity index (χ3n) is 7.90. The Bertz CT molecular complexity index is 2170. The highest BCUT2D eigenvalue weighted by atomic mass is 79.9. The van der Waals surface area contributed by atoms with E-state index in [9.17, 15) is 14.4 Å². The molecule has 4 aromatic carbocycles. The van der Waals surface area contributed by atoms with Crippen molar-refractivity contribution in [3.63, 3.8) is 0 Å². The molecular weight excluding hydrogens is 882 g/mol. The van der Waals surface area contributed by atoms with Gasteiger partial charge in [0.25, 0.3) is 0 Å². The van der Waals surface area contributed by atoms with Gasteiger partial charge in [0.1, 0.15) is 17.2 Å². The average molecular weight is 906 g/mol. The fourth-order valence-electron chi connectivity index (χ4n) is 5.20. The van der Waals surface area contributed by atoms with E-state index < -0.39 is 17.9 Å². The third kappa shape index (κ3) is 9.03. The van der Waals surface area contributed by atoms with Crippen LogP contribution in [0.15, 0.2) is 159 Å². The highest BCUT2D eigenvalue weighted by Crippen LogP contribution is 2.27. The topological polar surface area (TPSA) is 118 Å². The number of pyridine rings is 3. The average Bonchev–Trinajstić information content (AvgIpc) is 3.19. The van der Waals surface area contributed by atoms with Crippen LogP contribution in [0.5, 0.6) is 17.2 Å². The van der Waals surface area contributed by atoms with E-state index >= 15 is 0 Å². The molecule has 0 aliphatic carbocycles. The van der Waals surface area contributed by atoms with Gasteiger partial charge in [-0.05, 0) is 175 Å². The van der Waals surface area contributed by atoms with Crippen LogP contribution in [0.3, 0.4) is 0 Å². The van der Waals surface area contributed by atoms with E-state index in [-0.39, 0.29) is 33.9 Å². The molecule has 12 heteroatoms. The zero-order chi connectivity index (χ0) is 37.6. The lowest BCUT2D eigenvalue weighted by Gasteiger charge is -2.11. The van der Waals surface area contributed by atoms with Gasteiger partial charge >= 0.3 is 17.9 Å². The van der Waals surface area contributed by atoms with Crippen LogP contribution in [0.1, 0.15) is 31.1 Å². The Morgan fingerprint density at radius 2 is 0.630 bits per heavy atom. The monoisotopic (exact) mass is 903 g/mol. The highest BCUT2D eigenvalue weighted by molar-refractivity contribution is 9.11. The summed E-state index contributed by atoms with van der Waals surface area (Å²) in [5, 5.41) is 0. The van der Waals surface area contributed by atoms with Gasteiger partial charge in [0, 0.05) is 48.7 Å². The van der Waals surface area contributed by atoms with E-state index in [0.29, 0.717) is 0 Å². The standard InChI is InChI=1S/C42H24Br3N3O6/c43-31-7-16-37(46-22-31)25-1-10-34(11-2-25)52-40(49)28-19-29(41(50)53-35-12-3-26(4-13-35)38-17-8-32(44)23-47-38)21-30(20-28)42(51)54-36-14-5-27(6-15-36)39-18-9-33(45)24-48-39/h1-24H. The summed E-state index contributed by atoms with van der Waals surface area (Å²) in [5.74, 6) is -1.65. The zero-order valence-electron chi connectivity index (χ0n) is 27.8. The van der Waals surface area contributed by atoms with Crippen LogP contribution in [-0.2, 0) is 0 Å². The predicted octanol–water partition coefficient (Wildman–Crippen LogP) is 10.8. The molecule has 3 aromatic heterocycles. The number of halogens is 3. The quantitative estimate of drug-likeness (QED) is 0.103. The number of carbonyl (C=O) groups excluding carboxylic acids is 3. The summed E-state index contributed by atoms with van der Waals surface area (Å²) in [4.78, 5) is 53.7. The van der Waals surface area contributed by atoms with Crippen molar-refractivity contribution in [1.82, 2.24) is 15.0 Å². The second kappa shape index (κ2) is 16.5. The maximum Gasteiger partial charge on any atom is 0.343 e. The number of benzene rings is 4. The number of hydrogen-bond acceptors (Lipinski definition) is 9. The van der Waals surface area contributed by atoms with Crippen LogP contribution < -0.4 is 14.2 Å². The molecule has 0 bridgehead atoms. The van der Waals surface area contributed by atoms with Crippen LogP contribution in [0.4, 0.5) is 0 Å². The second-order valence-electron chi connectivity index (χ2n) is 11.6. The molecule has 0 unspecified atom stereocenters. The first-order valence-corrected chi connectivity index (χ1v) is 18.5. The van der Waals surface area contributed by atoms with Gasteiger partial charge in [0.05, 0.1) is 33.8 Å². The Balaban J connectivity index is 1.12. The summed E-state index contributed by atoms with van der Waals surface area (Å²) >= 11 is 10.1. The van der Waals surface area contributed by atoms with Crippen molar-refractivity contribution in [3.05, 3.63) is 176 Å². The number of ether oxygens (including phenoxy) is 3. The largest absolute Gasteiger partial charge is 0.423 e. The van der Waals surface area contributed by atoms with Crippen molar-refractivity contribution in [2.45, 2.75) is 0 Å². The van der Waals surface area contributed by atoms with Crippen LogP contribution in [0.25, 0.3) is 33.8 Å². The Kier molecular flexibility index (Phi) is 11.1. The van der Waals surface area contributed by atoms with Gasteiger partial charge in [0.2, 0.25) is 0 Å². The highest BCUT2D eigenvalue weighted by Gasteiger charge is 2.21. The smallest absolute Gasteiger partial charge is 0.343 e. The maximum atomic E-state index is 13.5. The van der Waals surface area contributed by atoms with Gasteiger partial charge < -0.3 is 14.2 Å².